The van der Waals surface area contributed by atoms with E-state index in [1.807, 2.05) is 11.4 Å². The first-order valence-corrected chi connectivity index (χ1v) is 6.52. The molecule has 16 heavy (non-hydrogen) atoms. The number of rotatable bonds is 5. The van der Waals surface area contributed by atoms with E-state index in [0.717, 1.165) is 9.35 Å². The molecule has 0 radical (unpaired) electrons. The summed E-state index contributed by atoms with van der Waals surface area (Å²) < 4.78 is 40.6. The normalized spacial score (nSPS) is 14.1. The molecular weight excluding hydrogens is 329 g/mol. The van der Waals surface area contributed by atoms with Crippen LogP contribution in [0.3, 0.4) is 0 Å². The van der Waals surface area contributed by atoms with Crippen LogP contribution in [-0.2, 0) is 4.74 Å². The van der Waals surface area contributed by atoms with Gasteiger partial charge in [0, 0.05) is 16.0 Å². The molecule has 1 aromatic rings. The Morgan fingerprint density at radius 1 is 1.50 bits per heavy atom. The second kappa shape index (κ2) is 6.23. The molecular formula is C9H9BrClF3OS. The Labute approximate surface area is 109 Å². The summed E-state index contributed by atoms with van der Waals surface area (Å²) in [6.07, 6.45) is -3.91. The van der Waals surface area contributed by atoms with E-state index < -0.39 is 12.8 Å². The molecule has 0 saturated carbocycles. The van der Waals surface area contributed by atoms with Crippen molar-refractivity contribution in [3.63, 3.8) is 0 Å². The molecule has 0 saturated heterocycles. The van der Waals surface area contributed by atoms with Crippen LogP contribution >= 0.6 is 38.9 Å². The average Bonchev–Trinajstić information content (AvgIpc) is 2.57. The predicted octanol–water partition coefficient (Wildman–Crippen LogP) is 4.76. The summed E-state index contributed by atoms with van der Waals surface area (Å²) in [5.41, 5.74) is 0. The van der Waals surface area contributed by atoms with E-state index in [-0.39, 0.29) is 12.0 Å². The maximum absolute atomic E-state index is 11.8. The molecule has 1 aromatic heterocycles. The lowest BCUT2D eigenvalue weighted by Gasteiger charge is -2.10. The Bertz CT molecular complexity index is 329. The second-order valence-corrected chi connectivity index (χ2v) is 5.39. The number of alkyl halides is 4. The van der Waals surface area contributed by atoms with E-state index in [1.165, 1.54) is 11.3 Å². The summed E-state index contributed by atoms with van der Waals surface area (Å²) in [5, 5.41) is 1.55. The van der Waals surface area contributed by atoms with Crippen molar-refractivity contribution in [3.05, 3.63) is 20.8 Å². The molecule has 7 heteroatoms. The number of hydrogen-bond acceptors (Lipinski definition) is 2. The van der Waals surface area contributed by atoms with Gasteiger partial charge in [0.15, 0.2) is 0 Å². The molecule has 0 spiro atoms. The zero-order chi connectivity index (χ0) is 12.2. The molecule has 0 N–H and O–H groups in total. The van der Waals surface area contributed by atoms with Crippen molar-refractivity contribution in [1.82, 2.24) is 0 Å². The fourth-order valence-corrected chi connectivity index (χ4v) is 3.19. The third-order valence-corrected chi connectivity index (χ3v) is 4.26. The van der Waals surface area contributed by atoms with Crippen LogP contribution in [0.1, 0.15) is 16.7 Å². The van der Waals surface area contributed by atoms with Gasteiger partial charge in [-0.1, -0.05) is 0 Å². The summed E-state index contributed by atoms with van der Waals surface area (Å²) in [6.45, 7) is -1.22. The molecule has 0 amide bonds. The first-order chi connectivity index (χ1) is 7.40. The van der Waals surface area contributed by atoms with Crippen LogP contribution in [0.5, 0.6) is 0 Å². The fourth-order valence-electron chi connectivity index (χ4n) is 1.03. The first kappa shape index (κ1) is 14.3. The van der Waals surface area contributed by atoms with Gasteiger partial charge in [-0.05, 0) is 33.8 Å². The van der Waals surface area contributed by atoms with E-state index in [2.05, 4.69) is 20.7 Å². The average molecular weight is 338 g/mol. The van der Waals surface area contributed by atoms with Gasteiger partial charge in [-0.25, -0.2) is 0 Å². The van der Waals surface area contributed by atoms with Crippen molar-refractivity contribution < 1.29 is 17.9 Å². The molecule has 0 bridgehead atoms. The monoisotopic (exact) mass is 336 g/mol. The van der Waals surface area contributed by atoms with Crippen LogP contribution in [-0.4, -0.2) is 19.4 Å². The molecule has 0 fully saturated rings. The Balaban J connectivity index is 2.26. The highest BCUT2D eigenvalue weighted by Crippen LogP contribution is 2.35. The van der Waals surface area contributed by atoms with Gasteiger partial charge in [0.1, 0.15) is 6.61 Å². The molecule has 1 nitrogen and oxygen atoms in total. The zero-order valence-electron chi connectivity index (χ0n) is 8.06. The maximum atomic E-state index is 11.8. The second-order valence-electron chi connectivity index (χ2n) is 3.06. The highest BCUT2D eigenvalue weighted by molar-refractivity contribution is 9.10. The lowest BCUT2D eigenvalue weighted by Crippen LogP contribution is -2.17. The number of thiophene rings is 1. The van der Waals surface area contributed by atoms with E-state index in [4.69, 9.17) is 11.6 Å². The molecule has 1 heterocycles. The molecule has 1 unspecified atom stereocenters. The van der Waals surface area contributed by atoms with Crippen molar-refractivity contribution in [3.8, 4) is 0 Å². The van der Waals surface area contributed by atoms with Crippen LogP contribution in [0.4, 0.5) is 13.2 Å². The van der Waals surface area contributed by atoms with Gasteiger partial charge in [-0.3, -0.25) is 0 Å². The Morgan fingerprint density at radius 3 is 2.69 bits per heavy atom. The number of hydrogen-bond donors (Lipinski definition) is 0. The topological polar surface area (TPSA) is 9.23 Å². The zero-order valence-corrected chi connectivity index (χ0v) is 11.2. The van der Waals surface area contributed by atoms with Gasteiger partial charge in [0.05, 0.1) is 5.38 Å². The minimum Gasteiger partial charge on any atom is -0.372 e. The largest absolute Gasteiger partial charge is 0.411 e. The van der Waals surface area contributed by atoms with Gasteiger partial charge in [0.2, 0.25) is 0 Å². The number of halogens is 5. The quantitative estimate of drug-likeness (QED) is 0.556. The highest BCUT2D eigenvalue weighted by Gasteiger charge is 2.27. The molecule has 0 aliphatic rings. The first-order valence-electron chi connectivity index (χ1n) is 4.41. The minimum absolute atomic E-state index is 0.00197. The fraction of sp³-hybridized carbons (Fsp3) is 0.556. The summed E-state index contributed by atoms with van der Waals surface area (Å²) >= 11 is 10.8. The van der Waals surface area contributed by atoms with E-state index in [9.17, 15) is 13.2 Å². The van der Waals surface area contributed by atoms with Crippen molar-refractivity contribution in [1.29, 1.82) is 0 Å². The van der Waals surface area contributed by atoms with Crippen LogP contribution in [0.2, 0.25) is 0 Å². The van der Waals surface area contributed by atoms with E-state index >= 15 is 0 Å². The van der Waals surface area contributed by atoms with Crippen LogP contribution in [0, 0.1) is 0 Å². The molecule has 0 aliphatic heterocycles. The van der Waals surface area contributed by atoms with Crippen molar-refractivity contribution in [2.75, 3.05) is 13.2 Å². The summed E-state index contributed by atoms with van der Waals surface area (Å²) in [6, 6.07) is 1.85. The van der Waals surface area contributed by atoms with Crippen molar-refractivity contribution in [2.45, 2.75) is 18.0 Å². The van der Waals surface area contributed by atoms with Gasteiger partial charge >= 0.3 is 6.18 Å². The van der Waals surface area contributed by atoms with Gasteiger partial charge in [-0.2, -0.15) is 13.2 Å². The maximum Gasteiger partial charge on any atom is 0.411 e. The Kier molecular flexibility index (Phi) is 5.56. The standard InChI is InChI=1S/C9H9BrClF3OS/c10-6-2-4-16-8(6)7(11)1-3-15-5-9(12,13)14/h2,4,7H,1,3,5H2. The Hall–Kier alpha value is 0.220. The van der Waals surface area contributed by atoms with E-state index in [1.54, 1.807) is 0 Å². The molecule has 0 aromatic carbocycles. The predicted molar refractivity (Wildman–Crippen MR) is 62.1 cm³/mol. The number of ether oxygens (including phenoxy) is 1. The van der Waals surface area contributed by atoms with Gasteiger partial charge < -0.3 is 4.74 Å². The van der Waals surface area contributed by atoms with Crippen molar-refractivity contribution >= 4 is 38.9 Å². The van der Waals surface area contributed by atoms with Gasteiger partial charge in [0.25, 0.3) is 0 Å². The summed E-state index contributed by atoms with van der Waals surface area (Å²) in [7, 11) is 0. The molecule has 1 rings (SSSR count). The summed E-state index contributed by atoms with van der Waals surface area (Å²) in [5.74, 6) is 0. The molecule has 0 aliphatic carbocycles. The van der Waals surface area contributed by atoms with Gasteiger partial charge in [-0.15, -0.1) is 22.9 Å². The minimum atomic E-state index is -4.27. The van der Waals surface area contributed by atoms with Crippen LogP contribution in [0.15, 0.2) is 15.9 Å². The smallest absolute Gasteiger partial charge is 0.372 e. The van der Waals surface area contributed by atoms with Crippen LogP contribution in [0.25, 0.3) is 0 Å². The lowest BCUT2D eigenvalue weighted by molar-refractivity contribution is -0.174. The SMILES string of the molecule is FC(F)(F)COCCC(Cl)c1sccc1Br. The summed E-state index contributed by atoms with van der Waals surface area (Å²) in [4.78, 5) is 0.914. The third kappa shape index (κ3) is 5.03. The van der Waals surface area contributed by atoms with E-state index in [0.29, 0.717) is 6.42 Å². The van der Waals surface area contributed by atoms with Crippen LogP contribution < -0.4 is 0 Å². The van der Waals surface area contributed by atoms with Crippen molar-refractivity contribution in [2.24, 2.45) is 0 Å². The third-order valence-electron chi connectivity index (χ3n) is 1.71. The Morgan fingerprint density at radius 2 is 2.19 bits per heavy atom. The molecule has 1 atom stereocenters. The highest BCUT2D eigenvalue weighted by atomic mass is 79.9. The molecule has 92 valence electrons. The lowest BCUT2D eigenvalue weighted by atomic mass is 10.3.